The molecule has 0 radical (unpaired) electrons. The second-order valence-electron chi connectivity index (χ2n) is 4.26. The number of hydrogen-bond acceptors (Lipinski definition) is 2. The Balaban J connectivity index is 3.34. The molecule has 88 valence electrons. The topological polar surface area (TPSA) is 33.0 Å². The summed E-state index contributed by atoms with van der Waals surface area (Å²) < 4.78 is 57.3. The van der Waals surface area contributed by atoms with E-state index in [9.17, 15) is 17.6 Å². The molecule has 0 saturated heterocycles. The van der Waals surface area contributed by atoms with E-state index in [4.69, 9.17) is 9.69 Å². The molecule has 0 unspecified atom stereocenters. The summed E-state index contributed by atoms with van der Waals surface area (Å²) in [6, 6.07) is 1.16. The normalized spacial score (nSPS) is 20.4. The van der Waals surface area contributed by atoms with Gasteiger partial charge in [-0.2, -0.15) is 5.26 Å². The lowest BCUT2D eigenvalue weighted by Crippen LogP contribution is -2.42. The Labute approximate surface area is 90.9 Å². The van der Waals surface area contributed by atoms with Gasteiger partial charge in [0.25, 0.3) is 5.60 Å². The zero-order valence-corrected chi connectivity index (χ0v) is 9.87. The molecule has 2 nitrogen and oxygen atoms in total. The number of halogens is 4. The van der Waals surface area contributed by atoms with Crippen molar-refractivity contribution in [2.24, 2.45) is 0 Å². The molecule has 16 heavy (non-hydrogen) atoms. The lowest BCUT2D eigenvalue weighted by molar-refractivity contribution is 0.142. The van der Waals surface area contributed by atoms with Crippen LogP contribution in [0, 0.1) is 11.3 Å². The van der Waals surface area contributed by atoms with Crippen LogP contribution in [0.2, 0.25) is 19.6 Å². The van der Waals surface area contributed by atoms with E-state index < -0.39 is 37.2 Å². The summed E-state index contributed by atoms with van der Waals surface area (Å²) in [5.41, 5.74) is -2.88. The number of hydrogen-bond donors (Lipinski definition) is 0. The monoisotopic (exact) mass is 251 g/mol. The third-order valence-corrected chi connectivity index (χ3v) is 2.73. The molecule has 0 heterocycles. The maximum Gasteiger partial charge on any atom is 0.255 e. The molecule has 1 aliphatic rings. The standard InChI is InChI=1S/C9H9F4NOSi/c1-16(2,3)15-9(4-14)7(12)5(10)6(11)8(9)13/h1-3H3. The van der Waals surface area contributed by atoms with Crippen LogP contribution in [0.4, 0.5) is 17.6 Å². The van der Waals surface area contributed by atoms with Crippen LogP contribution in [0.5, 0.6) is 0 Å². The van der Waals surface area contributed by atoms with Crippen molar-refractivity contribution in [2.45, 2.75) is 25.2 Å². The quantitative estimate of drug-likeness (QED) is 0.556. The van der Waals surface area contributed by atoms with Gasteiger partial charge in [0, 0.05) is 0 Å². The molecule has 0 atom stereocenters. The number of nitriles is 1. The minimum absolute atomic E-state index is 1.16. The Hall–Kier alpha value is -1.13. The van der Waals surface area contributed by atoms with Crippen LogP contribution in [0.25, 0.3) is 0 Å². The molecule has 0 aliphatic heterocycles. The summed E-state index contributed by atoms with van der Waals surface area (Å²) in [4.78, 5) is 0. The summed E-state index contributed by atoms with van der Waals surface area (Å²) in [6.07, 6.45) is 0. The molecule has 0 saturated carbocycles. The Morgan fingerprint density at radius 2 is 1.44 bits per heavy atom. The van der Waals surface area contributed by atoms with E-state index in [1.165, 1.54) is 0 Å². The molecular formula is C9H9F4NOSi. The lowest BCUT2D eigenvalue weighted by Gasteiger charge is -2.28. The van der Waals surface area contributed by atoms with Crippen LogP contribution in [0.1, 0.15) is 0 Å². The van der Waals surface area contributed by atoms with E-state index in [0.717, 1.165) is 6.07 Å². The van der Waals surface area contributed by atoms with Crippen molar-refractivity contribution in [3.8, 4) is 6.07 Å². The van der Waals surface area contributed by atoms with Crippen LogP contribution in [0.15, 0.2) is 23.3 Å². The molecule has 0 aromatic carbocycles. The van der Waals surface area contributed by atoms with Crippen LogP contribution in [-0.4, -0.2) is 13.9 Å². The van der Waals surface area contributed by atoms with E-state index >= 15 is 0 Å². The fraction of sp³-hybridized carbons (Fsp3) is 0.444. The highest BCUT2D eigenvalue weighted by Gasteiger charge is 2.54. The second kappa shape index (κ2) is 3.71. The first-order valence-electron chi connectivity index (χ1n) is 4.39. The number of nitrogens with zero attached hydrogens (tertiary/aromatic N) is 1. The summed E-state index contributed by atoms with van der Waals surface area (Å²) in [7, 11) is -2.56. The fourth-order valence-corrected chi connectivity index (χ4v) is 2.41. The van der Waals surface area contributed by atoms with E-state index in [1.54, 1.807) is 19.6 Å². The average molecular weight is 251 g/mol. The Morgan fingerprint density at radius 1 is 1.06 bits per heavy atom. The third-order valence-electron chi connectivity index (χ3n) is 1.81. The molecule has 7 heteroatoms. The lowest BCUT2D eigenvalue weighted by atomic mass is 10.1. The van der Waals surface area contributed by atoms with Gasteiger partial charge in [-0.25, -0.2) is 17.6 Å². The van der Waals surface area contributed by atoms with Gasteiger partial charge in [0.05, 0.1) is 0 Å². The fourth-order valence-electron chi connectivity index (χ4n) is 1.27. The van der Waals surface area contributed by atoms with Gasteiger partial charge in [-0.15, -0.1) is 0 Å². The van der Waals surface area contributed by atoms with Crippen molar-refractivity contribution >= 4 is 8.32 Å². The van der Waals surface area contributed by atoms with Crippen molar-refractivity contribution in [1.29, 1.82) is 5.26 Å². The van der Waals surface area contributed by atoms with Crippen LogP contribution < -0.4 is 0 Å². The van der Waals surface area contributed by atoms with Gasteiger partial charge in [-0.05, 0) is 19.6 Å². The minimum Gasteiger partial charge on any atom is -0.390 e. The highest BCUT2D eigenvalue weighted by molar-refractivity contribution is 6.70. The predicted octanol–water partition coefficient (Wildman–Crippen LogP) is 3.42. The molecular weight excluding hydrogens is 242 g/mol. The molecule has 0 aromatic heterocycles. The highest BCUT2D eigenvalue weighted by Crippen LogP contribution is 2.46. The molecule has 0 amide bonds. The van der Waals surface area contributed by atoms with Crippen LogP contribution in [0.3, 0.4) is 0 Å². The summed E-state index contributed by atoms with van der Waals surface area (Å²) in [5.74, 6) is -7.71. The maximum atomic E-state index is 13.3. The van der Waals surface area contributed by atoms with Gasteiger partial charge in [-0.1, -0.05) is 0 Å². The summed E-state index contributed by atoms with van der Waals surface area (Å²) in [6.45, 7) is 4.63. The van der Waals surface area contributed by atoms with E-state index in [2.05, 4.69) is 0 Å². The SMILES string of the molecule is C[Si](C)(C)OC1(C#N)C(F)=C(F)C(F)=C1F. The van der Waals surface area contributed by atoms with Crippen molar-refractivity contribution in [3.63, 3.8) is 0 Å². The smallest absolute Gasteiger partial charge is 0.255 e. The molecule has 1 rings (SSSR count). The summed E-state index contributed by atoms with van der Waals surface area (Å²) >= 11 is 0. The molecule has 0 bridgehead atoms. The van der Waals surface area contributed by atoms with Gasteiger partial charge in [-0.3, -0.25) is 0 Å². The van der Waals surface area contributed by atoms with Gasteiger partial charge in [0.1, 0.15) is 6.07 Å². The minimum atomic E-state index is -2.88. The zero-order valence-electron chi connectivity index (χ0n) is 8.87. The molecule has 0 fully saturated rings. The molecule has 0 aromatic rings. The maximum absolute atomic E-state index is 13.3. The van der Waals surface area contributed by atoms with E-state index in [-0.39, 0.29) is 0 Å². The number of allylic oxidation sites excluding steroid dienone is 2. The second-order valence-corrected chi connectivity index (χ2v) is 8.69. The predicted molar refractivity (Wildman–Crippen MR) is 51.3 cm³/mol. The Morgan fingerprint density at radius 3 is 1.69 bits per heavy atom. The van der Waals surface area contributed by atoms with Gasteiger partial charge >= 0.3 is 0 Å². The Kier molecular flexibility index (Phi) is 3.00. The molecule has 1 aliphatic carbocycles. The average Bonchev–Trinajstić information content (AvgIpc) is 2.32. The van der Waals surface area contributed by atoms with E-state index in [0.29, 0.717) is 0 Å². The van der Waals surface area contributed by atoms with Crippen molar-refractivity contribution < 1.29 is 22.0 Å². The van der Waals surface area contributed by atoms with Gasteiger partial charge < -0.3 is 4.43 Å². The van der Waals surface area contributed by atoms with Gasteiger partial charge in [0.2, 0.25) is 0 Å². The summed E-state index contributed by atoms with van der Waals surface area (Å²) in [5, 5.41) is 8.72. The van der Waals surface area contributed by atoms with Crippen LogP contribution >= 0.6 is 0 Å². The zero-order chi connectivity index (χ0) is 12.7. The first-order chi connectivity index (χ1) is 7.15. The molecule has 0 N–H and O–H groups in total. The first kappa shape index (κ1) is 12.9. The largest absolute Gasteiger partial charge is 0.390 e. The molecule has 0 spiro atoms. The van der Waals surface area contributed by atoms with Crippen LogP contribution in [-0.2, 0) is 4.43 Å². The van der Waals surface area contributed by atoms with E-state index in [1.807, 2.05) is 0 Å². The van der Waals surface area contributed by atoms with Crippen molar-refractivity contribution in [1.82, 2.24) is 0 Å². The van der Waals surface area contributed by atoms with Gasteiger partial charge in [0.15, 0.2) is 31.6 Å². The third kappa shape index (κ3) is 1.78. The van der Waals surface area contributed by atoms with Crippen molar-refractivity contribution in [3.05, 3.63) is 23.3 Å². The first-order valence-corrected chi connectivity index (χ1v) is 7.80. The van der Waals surface area contributed by atoms with Crippen molar-refractivity contribution in [2.75, 3.05) is 0 Å². The number of rotatable bonds is 2. The Bertz CT molecular complexity index is 406. The highest BCUT2D eigenvalue weighted by atomic mass is 28.4.